The van der Waals surface area contributed by atoms with Gasteiger partial charge in [-0.1, -0.05) is 12.1 Å². The minimum Gasteiger partial charge on any atom is -0.497 e. The van der Waals surface area contributed by atoms with Crippen LogP contribution in [0, 0.1) is 0 Å². The molecule has 1 rings (SSSR count). The van der Waals surface area contributed by atoms with Crippen molar-refractivity contribution in [3.63, 3.8) is 0 Å². The molecule has 0 aliphatic heterocycles. The van der Waals surface area contributed by atoms with E-state index in [2.05, 4.69) is 4.72 Å². The van der Waals surface area contributed by atoms with Gasteiger partial charge in [0.05, 0.1) is 19.3 Å². The molecule has 0 radical (unpaired) electrons. The number of methoxy groups -OCH3 is 1. The second kappa shape index (κ2) is 7.10. The number of nitrogens with one attached hydrogen (secondary N) is 1. The van der Waals surface area contributed by atoms with E-state index in [-0.39, 0.29) is 18.7 Å². The third kappa shape index (κ3) is 6.21. The van der Waals surface area contributed by atoms with Gasteiger partial charge in [0, 0.05) is 6.54 Å². The van der Waals surface area contributed by atoms with E-state index >= 15 is 0 Å². The summed E-state index contributed by atoms with van der Waals surface area (Å²) in [7, 11) is -1.87. The molecule has 0 aliphatic carbocycles. The van der Waals surface area contributed by atoms with Gasteiger partial charge in [-0.2, -0.15) is 0 Å². The number of carboxylic acids is 1. The van der Waals surface area contributed by atoms with Crippen molar-refractivity contribution in [3.8, 4) is 5.75 Å². The Morgan fingerprint density at radius 2 is 1.95 bits per heavy atom. The van der Waals surface area contributed by atoms with Gasteiger partial charge in [-0.25, -0.2) is 13.1 Å². The summed E-state index contributed by atoms with van der Waals surface area (Å²) in [6, 6.07) is 7.12. The van der Waals surface area contributed by atoms with Crippen LogP contribution >= 0.6 is 0 Å². The summed E-state index contributed by atoms with van der Waals surface area (Å²) in [5.41, 5.74) is 0.879. The first-order valence-corrected chi connectivity index (χ1v) is 7.40. The van der Waals surface area contributed by atoms with Gasteiger partial charge in [0.15, 0.2) is 0 Å². The molecule has 0 saturated carbocycles. The molecule has 1 aromatic rings. The van der Waals surface area contributed by atoms with Crippen molar-refractivity contribution in [1.82, 2.24) is 4.72 Å². The molecular weight excluding hydrogens is 270 g/mol. The van der Waals surface area contributed by atoms with Crippen molar-refractivity contribution in [2.45, 2.75) is 12.8 Å². The Bertz CT molecular complexity index is 509. The molecule has 0 unspecified atom stereocenters. The molecule has 0 atom stereocenters. The molecule has 0 amide bonds. The SMILES string of the molecule is COc1ccc(CCS(=O)(=O)NCCC(=O)O)cc1. The normalized spacial score (nSPS) is 11.2. The molecule has 0 aromatic heterocycles. The highest BCUT2D eigenvalue weighted by atomic mass is 32.2. The van der Waals surface area contributed by atoms with E-state index in [1.54, 1.807) is 31.4 Å². The van der Waals surface area contributed by atoms with Gasteiger partial charge in [-0.05, 0) is 24.1 Å². The highest BCUT2D eigenvalue weighted by Crippen LogP contribution is 2.11. The van der Waals surface area contributed by atoms with E-state index in [9.17, 15) is 13.2 Å². The molecule has 1 aromatic carbocycles. The van der Waals surface area contributed by atoms with E-state index < -0.39 is 16.0 Å². The largest absolute Gasteiger partial charge is 0.497 e. The molecule has 0 saturated heterocycles. The number of sulfonamides is 1. The Balaban J connectivity index is 2.43. The molecule has 0 heterocycles. The van der Waals surface area contributed by atoms with Crippen LogP contribution in [0.25, 0.3) is 0 Å². The maximum Gasteiger partial charge on any atom is 0.304 e. The van der Waals surface area contributed by atoms with Crippen LogP contribution in [-0.4, -0.2) is 38.9 Å². The van der Waals surface area contributed by atoms with Crippen molar-refractivity contribution in [2.75, 3.05) is 19.4 Å². The van der Waals surface area contributed by atoms with Gasteiger partial charge in [-0.15, -0.1) is 0 Å². The van der Waals surface area contributed by atoms with Crippen LogP contribution in [-0.2, 0) is 21.2 Å². The highest BCUT2D eigenvalue weighted by Gasteiger charge is 2.10. The van der Waals surface area contributed by atoms with Crippen molar-refractivity contribution in [3.05, 3.63) is 29.8 Å². The fraction of sp³-hybridized carbons (Fsp3) is 0.417. The maximum absolute atomic E-state index is 11.6. The van der Waals surface area contributed by atoms with Crippen LogP contribution in [0.1, 0.15) is 12.0 Å². The molecule has 0 aliphatic rings. The number of hydrogen-bond acceptors (Lipinski definition) is 4. The van der Waals surface area contributed by atoms with Gasteiger partial charge in [0.25, 0.3) is 0 Å². The summed E-state index contributed by atoms with van der Waals surface area (Å²) in [6.45, 7) is -0.0831. The summed E-state index contributed by atoms with van der Waals surface area (Å²) in [5.74, 6) is -0.386. The van der Waals surface area contributed by atoms with Gasteiger partial charge in [0.1, 0.15) is 5.75 Å². The third-order valence-electron chi connectivity index (χ3n) is 2.48. The van der Waals surface area contributed by atoms with Crippen molar-refractivity contribution < 1.29 is 23.1 Å². The fourth-order valence-corrected chi connectivity index (χ4v) is 2.49. The Hall–Kier alpha value is -1.60. The van der Waals surface area contributed by atoms with E-state index in [1.807, 2.05) is 0 Å². The van der Waals surface area contributed by atoms with Crippen LogP contribution in [0.3, 0.4) is 0 Å². The Morgan fingerprint density at radius 3 is 2.47 bits per heavy atom. The average Bonchev–Trinajstić information content (AvgIpc) is 2.36. The summed E-state index contributed by atoms with van der Waals surface area (Å²) in [6.07, 6.45) is 0.147. The summed E-state index contributed by atoms with van der Waals surface area (Å²) in [5, 5.41) is 8.42. The van der Waals surface area contributed by atoms with Gasteiger partial charge < -0.3 is 9.84 Å². The van der Waals surface area contributed by atoms with Crippen LogP contribution in [0.2, 0.25) is 0 Å². The average molecular weight is 287 g/mol. The summed E-state index contributed by atoms with van der Waals surface area (Å²) >= 11 is 0. The summed E-state index contributed by atoms with van der Waals surface area (Å²) in [4.78, 5) is 10.3. The van der Waals surface area contributed by atoms with Crippen LogP contribution in [0.5, 0.6) is 5.75 Å². The zero-order valence-corrected chi connectivity index (χ0v) is 11.4. The molecule has 0 fully saturated rings. The van der Waals surface area contributed by atoms with E-state index in [0.29, 0.717) is 12.2 Å². The minimum atomic E-state index is -3.44. The topological polar surface area (TPSA) is 92.7 Å². The minimum absolute atomic E-state index is 0.0705. The lowest BCUT2D eigenvalue weighted by Crippen LogP contribution is -2.29. The predicted molar refractivity (Wildman–Crippen MR) is 70.7 cm³/mol. The second-order valence-electron chi connectivity index (χ2n) is 3.96. The summed E-state index contributed by atoms with van der Waals surface area (Å²) < 4.78 is 30.4. The smallest absolute Gasteiger partial charge is 0.304 e. The van der Waals surface area contributed by atoms with Crippen LogP contribution in [0.4, 0.5) is 0 Å². The van der Waals surface area contributed by atoms with E-state index in [4.69, 9.17) is 9.84 Å². The molecule has 0 spiro atoms. The third-order valence-corrected chi connectivity index (χ3v) is 3.86. The number of benzene rings is 1. The molecule has 6 nitrogen and oxygen atoms in total. The van der Waals surface area contributed by atoms with Crippen molar-refractivity contribution >= 4 is 16.0 Å². The monoisotopic (exact) mass is 287 g/mol. The Morgan fingerprint density at radius 1 is 1.32 bits per heavy atom. The standard InChI is InChI=1S/C12H17NO5S/c1-18-11-4-2-10(3-5-11)7-9-19(16,17)13-8-6-12(14)15/h2-5,13H,6-9H2,1H3,(H,14,15). The lowest BCUT2D eigenvalue weighted by atomic mass is 10.2. The van der Waals surface area contributed by atoms with E-state index in [1.165, 1.54) is 0 Å². The number of carboxylic acid groups (broad SMARTS) is 1. The number of aliphatic carboxylic acids is 1. The number of carbonyl (C=O) groups is 1. The lowest BCUT2D eigenvalue weighted by Gasteiger charge is -2.06. The first-order valence-electron chi connectivity index (χ1n) is 5.75. The van der Waals surface area contributed by atoms with Gasteiger partial charge in [0.2, 0.25) is 10.0 Å². The van der Waals surface area contributed by atoms with Crippen LogP contribution < -0.4 is 9.46 Å². The fourth-order valence-electron chi connectivity index (χ4n) is 1.43. The van der Waals surface area contributed by atoms with E-state index in [0.717, 1.165) is 5.56 Å². The second-order valence-corrected chi connectivity index (χ2v) is 5.88. The molecular formula is C12H17NO5S. The van der Waals surface area contributed by atoms with Gasteiger partial charge in [-0.3, -0.25) is 4.79 Å². The zero-order chi connectivity index (χ0) is 14.3. The zero-order valence-electron chi connectivity index (χ0n) is 10.6. The molecule has 19 heavy (non-hydrogen) atoms. The molecule has 0 bridgehead atoms. The maximum atomic E-state index is 11.6. The Labute approximate surface area is 112 Å². The molecule has 2 N–H and O–H groups in total. The first-order chi connectivity index (χ1) is 8.93. The van der Waals surface area contributed by atoms with Crippen LogP contribution in [0.15, 0.2) is 24.3 Å². The quantitative estimate of drug-likeness (QED) is 0.731. The number of hydrogen-bond donors (Lipinski definition) is 2. The van der Waals surface area contributed by atoms with Crippen molar-refractivity contribution in [1.29, 1.82) is 0 Å². The number of rotatable bonds is 8. The number of aryl methyl sites for hydroxylation is 1. The Kier molecular flexibility index (Phi) is 5.78. The lowest BCUT2D eigenvalue weighted by molar-refractivity contribution is -0.136. The first kappa shape index (κ1) is 15.5. The highest BCUT2D eigenvalue weighted by molar-refractivity contribution is 7.89. The van der Waals surface area contributed by atoms with Gasteiger partial charge >= 0.3 is 5.97 Å². The number of ether oxygens (including phenoxy) is 1. The molecule has 106 valence electrons. The van der Waals surface area contributed by atoms with Crippen molar-refractivity contribution in [2.24, 2.45) is 0 Å². The molecule has 7 heteroatoms. The predicted octanol–water partition coefficient (Wildman–Crippen LogP) is 0.632.